The van der Waals surface area contributed by atoms with Crippen molar-refractivity contribution in [3.05, 3.63) is 115 Å². The van der Waals surface area contributed by atoms with Gasteiger partial charge in [-0.1, -0.05) is 42.5 Å². The molecule has 0 spiro atoms. The molecule has 0 aliphatic heterocycles. The van der Waals surface area contributed by atoms with Gasteiger partial charge in [0.15, 0.2) is 0 Å². The normalized spacial score (nSPS) is 10.9. The molecule has 0 aliphatic rings. The van der Waals surface area contributed by atoms with Gasteiger partial charge >= 0.3 is 0 Å². The largest absolute Gasteiger partial charge is 0.487 e. The lowest BCUT2D eigenvalue weighted by molar-refractivity contribution is 0.0955. The van der Waals surface area contributed by atoms with Gasteiger partial charge in [-0.05, 0) is 92.7 Å². The summed E-state index contributed by atoms with van der Waals surface area (Å²) in [6, 6.07) is 25.3. The molecule has 0 saturated heterocycles. The van der Waals surface area contributed by atoms with Crippen molar-refractivity contribution in [1.82, 2.24) is 9.99 Å². The first-order valence-corrected chi connectivity index (χ1v) is 12.0. The molecule has 1 amide bonds. The van der Waals surface area contributed by atoms with Crippen molar-refractivity contribution in [3.63, 3.8) is 0 Å². The van der Waals surface area contributed by atoms with Gasteiger partial charge in [0.05, 0.1) is 24.6 Å². The molecule has 0 aliphatic carbocycles. The van der Waals surface area contributed by atoms with Crippen LogP contribution in [0.1, 0.15) is 21.5 Å². The van der Waals surface area contributed by atoms with Gasteiger partial charge in [0, 0.05) is 12.4 Å². The fourth-order valence-corrected chi connectivity index (χ4v) is 5.26. The molecule has 160 valence electrons. The monoisotopic (exact) mass is 647 g/mol. The maximum atomic E-state index is 12.7. The number of carbonyl (C=O) groups is 1. The van der Waals surface area contributed by atoms with Crippen LogP contribution >= 0.6 is 45.2 Å². The Balaban J connectivity index is 1.44. The summed E-state index contributed by atoms with van der Waals surface area (Å²) in [7, 11) is 0. The molecule has 0 radical (unpaired) electrons. The molecule has 1 aromatic heterocycles. The molecule has 0 bridgehead atoms. The van der Waals surface area contributed by atoms with E-state index in [1.807, 2.05) is 89.8 Å². The predicted octanol–water partition coefficient (Wildman–Crippen LogP) is 6.03. The second kappa shape index (κ2) is 10.8. The van der Waals surface area contributed by atoms with E-state index in [9.17, 15) is 4.79 Å². The number of aromatic nitrogens is 1. The number of hydrogen-bond donors (Lipinski definition) is 1. The maximum Gasteiger partial charge on any atom is 0.273 e. The Labute approximate surface area is 213 Å². The molecule has 1 heterocycles. The lowest BCUT2D eigenvalue weighted by Crippen LogP contribution is -2.19. The molecule has 32 heavy (non-hydrogen) atoms. The number of benzene rings is 3. The Morgan fingerprint density at radius 3 is 2.31 bits per heavy atom. The first-order chi connectivity index (χ1) is 15.6. The lowest BCUT2D eigenvalue weighted by atomic mass is 10.1. The highest BCUT2D eigenvalue weighted by atomic mass is 127. The number of nitrogens with zero attached hydrogens (tertiary/aromatic N) is 2. The summed E-state index contributed by atoms with van der Waals surface area (Å²) in [5.41, 5.74) is 5.98. The molecular formula is C25H19I2N3O2. The predicted molar refractivity (Wildman–Crippen MR) is 143 cm³/mol. The van der Waals surface area contributed by atoms with Gasteiger partial charge in [0.2, 0.25) is 0 Å². The van der Waals surface area contributed by atoms with Crippen LogP contribution in [0.2, 0.25) is 0 Å². The Bertz CT molecular complexity index is 1220. The van der Waals surface area contributed by atoms with Crippen LogP contribution in [0, 0.1) is 7.14 Å². The second-order valence-corrected chi connectivity index (χ2v) is 9.22. The van der Waals surface area contributed by atoms with Gasteiger partial charge in [0.25, 0.3) is 5.91 Å². The van der Waals surface area contributed by atoms with Crippen LogP contribution in [0.4, 0.5) is 0 Å². The summed E-state index contributed by atoms with van der Waals surface area (Å²) in [4.78, 5) is 12.7. The zero-order chi connectivity index (χ0) is 22.3. The number of carbonyl (C=O) groups excluding carboxylic acids is 1. The molecule has 0 unspecified atom stereocenters. The molecule has 1 N–H and O–H groups in total. The number of halogens is 2. The third-order valence-corrected chi connectivity index (χ3v) is 6.26. The van der Waals surface area contributed by atoms with E-state index < -0.39 is 0 Å². The van der Waals surface area contributed by atoms with Gasteiger partial charge in [-0.2, -0.15) is 5.10 Å². The quantitative estimate of drug-likeness (QED) is 0.152. The van der Waals surface area contributed by atoms with Crippen LogP contribution in [-0.4, -0.2) is 16.7 Å². The molecule has 0 fully saturated rings. The Kier molecular flexibility index (Phi) is 7.59. The van der Waals surface area contributed by atoms with E-state index in [0.29, 0.717) is 12.2 Å². The fourth-order valence-electron chi connectivity index (χ4n) is 3.13. The summed E-state index contributed by atoms with van der Waals surface area (Å²) in [6.07, 6.45) is 5.45. The summed E-state index contributed by atoms with van der Waals surface area (Å²) in [5, 5.41) is 4.16. The lowest BCUT2D eigenvalue weighted by Gasteiger charge is -2.11. The van der Waals surface area contributed by atoms with Crippen molar-refractivity contribution < 1.29 is 9.53 Å². The highest BCUT2D eigenvalue weighted by Gasteiger charge is 2.12. The number of hydrazone groups is 1. The highest BCUT2D eigenvalue weighted by molar-refractivity contribution is 14.1. The minimum absolute atomic E-state index is 0.266. The zero-order valence-electron chi connectivity index (χ0n) is 16.9. The van der Waals surface area contributed by atoms with Crippen molar-refractivity contribution in [2.45, 2.75) is 6.61 Å². The van der Waals surface area contributed by atoms with E-state index in [0.717, 1.165) is 29.7 Å². The number of nitrogens with one attached hydrogen (secondary N) is 1. The summed E-state index contributed by atoms with van der Waals surface area (Å²) in [6.45, 7) is 0.511. The summed E-state index contributed by atoms with van der Waals surface area (Å²) in [5.74, 6) is 0.578. The molecule has 5 nitrogen and oxygen atoms in total. The number of hydrogen-bond acceptors (Lipinski definition) is 3. The van der Waals surface area contributed by atoms with E-state index >= 15 is 0 Å². The summed E-state index contributed by atoms with van der Waals surface area (Å²) >= 11 is 4.51. The van der Waals surface area contributed by atoms with Crippen molar-refractivity contribution >= 4 is 57.3 Å². The average Bonchev–Trinajstić information content (AvgIpc) is 3.34. The van der Waals surface area contributed by atoms with Crippen molar-refractivity contribution in [1.29, 1.82) is 0 Å². The number of para-hydroxylation sites is 1. The Morgan fingerprint density at radius 1 is 0.938 bits per heavy atom. The van der Waals surface area contributed by atoms with Crippen molar-refractivity contribution in [2.75, 3.05) is 0 Å². The highest BCUT2D eigenvalue weighted by Crippen LogP contribution is 2.29. The number of ether oxygens (including phenoxy) is 1. The first kappa shape index (κ1) is 22.5. The van der Waals surface area contributed by atoms with Crippen LogP contribution in [0.5, 0.6) is 5.75 Å². The van der Waals surface area contributed by atoms with E-state index in [-0.39, 0.29) is 5.91 Å². The zero-order valence-corrected chi connectivity index (χ0v) is 21.2. The standard InChI is InChI=1S/C25H19I2N3O2/c26-21-14-19(15-22(27)24(21)32-17-18-8-2-1-3-9-18)16-28-29-25(31)20-10-4-5-11-23(20)30-12-6-7-13-30/h1-16H,17H2,(H,29,31)/b28-16-. The van der Waals surface area contributed by atoms with Gasteiger partial charge in [-0.25, -0.2) is 5.43 Å². The van der Waals surface area contributed by atoms with Crippen molar-refractivity contribution in [3.8, 4) is 11.4 Å². The fraction of sp³-hybridized carbons (Fsp3) is 0.0400. The number of amides is 1. The molecule has 0 saturated carbocycles. The van der Waals surface area contributed by atoms with Gasteiger partial charge in [-0.3, -0.25) is 4.79 Å². The van der Waals surface area contributed by atoms with E-state index in [2.05, 4.69) is 55.7 Å². The third-order valence-electron chi connectivity index (χ3n) is 4.66. The van der Waals surface area contributed by atoms with Gasteiger partial charge in [-0.15, -0.1) is 0 Å². The Hall–Kier alpha value is -2.66. The molecule has 0 atom stereocenters. The average molecular weight is 647 g/mol. The minimum atomic E-state index is -0.266. The SMILES string of the molecule is O=C(N/N=C\c1cc(I)c(OCc2ccccc2)c(I)c1)c1ccccc1-n1cccc1. The van der Waals surface area contributed by atoms with E-state index in [4.69, 9.17) is 4.74 Å². The summed E-state index contributed by atoms with van der Waals surface area (Å²) < 4.78 is 9.89. The molecule has 3 aromatic carbocycles. The topological polar surface area (TPSA) is 55.6 Å². The molecule has 4 rings (SSSR count). The van der Waals surface area contributed by atoms with Crippen LogP contribution in [0.15, 0.2) is 96.4 Å². The molecule has 4 aromatic rings. The number of rotatable bonds is 7. The van der Waals surface area contributed by atoms with Gasteiger partial charge in [0.1, 0.15) is 12.4 Å². The second-order valence-electron chi connectivity index (χ2n) is 6.89. The van der Waals surface area contributed by atoms with Crippen LogP contribution < -0.4 is 10.2 Å². The van der Waals surface area contributed by atoms with E-state index in [1.54, 1.807) is 12.3 Å². The maximum absolute atomic E-state index is 12.7. The minimum Gasteiger partial charge on any atom is -0.487 e. The van der Waals surface area contributed by atoms with Crippen molar-refractivity contribution in [2.24, 2.45) is 5.10 Å². The van der Waals surface area contributed by atoms with Crippen LogP contribution in [0.3, 0.4) is 0 Å². The van der Waals surface area contributed by atoms with E-state index in [1.165, 1.54) is 0 Å². The molecule has 7 heteroatoms. The van der Waals surface area contributed by atoms with Crippen LogP contribution in [0.25, 0.3) is 5.69 Å². The Morgan fingerprint density at radius 2 is 1.59 bits per heavy atom. The smallest absolute Gasteiger partial charge is 0.273 e. The third kappa shape index (κ3) is 5.57. The first-order valence-electron chi connectivity index (χ1n) is 9.83. The molecular weight excluding hydrogens is 628 g/mol. The van der Waals surface area contributed by atoms with Gasteiger partial charge < -0.3 is 9.30 Å². The van der Waals surface area contributed by atoms with Crippen LogP contribution in [-0.2, 0) is 6.61 Å².